The molecule has 0 aliphatic carbocycles. The van der Waals surface area contributed by atoms with Crippen molar-refractivity contribution in [3.05, 3.63) is 48.0 Å². The number of nitrogens with one attached hydrogen (secondary N) is 1. The molecule has 3 rings (SSSR count). The number of nitrogens with zero attached hydrogens (tertiary/aromatic N) is 2. The predicted molar refractivity (Wildman–Crippen MR) is 107 cm³/mol. The molecule has 146 valence electrons. The van der Waals surface area contributed by atoms with Gasteiger partial charge in [-0.2, -0.15) is 0 Å². The lowest BCUT2D eigenvalue weighted by Gasteiger charge is -2.19. The fourth-order valence-electron chi connectivity index (χ4n) is 2.76. The van der Waals surface area contributed by atoms with Gasteiger partial charge in [0.2, 0.25) is 5.95 Å². The van der Waals surface area contributed by atoms with Crippen molar-refractivity contribution in [3.8, 4) is 5.69 Å². The minimum atomic E-state index is -0.593. The van der Waals surface area contributed by atoms with Crippen LogP contribution in [0.15, 0.2) is 42.5 Å². The van der Waals surface area contributed by atoms with Gasteiger partial charge < -0.3 is 15.2 Å². The average Bonchev–Trinajstić information content (AvgIpc) is 2.94. The third-order valence-corrected chi connectivity index (χ3v) is 3.85. The lowest BCUT2D eigenvalue weighted by Crippen LogP contribution is -2.27. The number of ether oxygens (including phenoxy) is 2. The molecule has 0 aliphatic heterocycles. The van der Waals surface area contributed by atoms with Crippen molar-refractivity contribution in [2.45, 2.75) is 26.4 Å². The normalized spacial score (nSPS) is 11.3. The van der Waals surface area contributed by atoms with Gasteiger partial charge in [0.1, 0.15) is 5.60 Å². The number of aromatic nitrogens is 2. The molecule has 1 heterocycles. The first-order chi connectivity index (χ1) is 13.2. The molecular weight excluding hydrogens is 360 g/mol. The maximum Gasteiger partial charge on any atom is 0.412 e. The van der Waals surface area contributed by atoms with Gasteiger partial charge in [-0.25, -0.2) is 14.6 Å². The Hall–Kier alpha value is -3.55. The smallest absolute Gasteiger partial charge is 0.412 e. The van der Waals surface area contributed by atoms with Crippen LogP contribution in [0.5, 0.6) is 0 Å². The lowest BCUT2D eigenvalue weighted by atomic mass is 10.2. The number of amides is 1. The summed E-state index contributed by atoms with van der Waals surface area (Å²) in [6, 6.07) is 12.2. The summed E-state index contributed by atoms with van der Waals surface area (Å²) in [5, 5.41) is 2.70. The molecule has 8 heteroatoms. The summed E-state index contributed by atoms with van der Waals surface area (Å²) in [6.07, 6.45) is -0.546. The number of anilines is 2. The summed E-state index contributed by atoms with van der Waals surface area (Å²) in [5.74, 6) is -0.190. The van der Waals surface area contributed by atoms with Crippen LogP contribution in [-0.2, 0) is 9.47 Å². The summed E-state index contributed by atoms with van der Waals surface area (Å²) in [4.78, 5) is 28.1. The van der Waals surface area contributed by atoms with Crippen molar-refractivity contribution in [1.29, 1.82) is 0 Å². The van der Waals surface area contributed by atoms with Gasteiger partial charge in [0.05, 0.1) is 29.4 Å². The van der Waals surface area contributed by atoms with E-state index < -0.39 is 17.7 Å². The third kappa shape index (κ3) is 4.06. The van der Waals surface area contributed by atoms with Gasteiger partial charge in [0.15, 0.2) is 0 Å². The summed E-state index contributed by atoms with van der Waals surface area (Å²) >= 11 is 0. The number of fused-ring (bicyclic) bond motifs is 1. The molecule has 0 aliphatic rings. The Morgan fingerprint density at radius 2 is 1.89 bits per heavy atom. The fraction of sp³-hybridized carbons (Fsp3) is 0.250. The molecule has 0 saturated carbocycles. The maximum absolute atomic E-state index is 12.0. The van der Waals surface area contributed by atoms with E-state index in [0.717, 1.165) is 5.52 Å². The number of carbonyl (C=O) groups is 2. The van der Waals surface area contributed by atoms with Gasteiger partial charge in [-0.3, -0.25) is 9.88 Å². The first-order valence-electron chi connectivity index (χ1n) is 8.64. The van der Waals surface area contributed by atoms with E-state index in [2.05, 4.69) is 10.3 Å². The average molecular weight is 382 g/mol. The van der Waals surface area contributed by atoms with Crippen molar-refractivity contribution in [2.75, 3.05) is 18.2 Å². The van der Waals surface area contributed by atoms with E-state index in [1.807, 2.05) is 6.07 Å². The number of carbonyl (C=O) groups excluding carboxylic acids is 2. The van der Waals surface area contributed by atoms with Gasteiger partial charge in [0, 0.05) is 5.69 Å². The maximum atomic E-state index is 12.0. The highest BCUT2D eigenvalue weighted by Gasteiger charge is 2.17. The number of nitrogen functional groups attached to an aromatic ring is 1. The molecule has 2 aromatic carbocycles. The zero-order valence-corrected chi connectivity index (χ0v) is 16.1. The zero-order chi connectivity index (χ0) is 20.5. The second-order valence-corrected chi connectivity index (χ2v) is 7.18. The highest BCUT2D eigenvalue weighted by Crippen LogP contribution is 2.26. The monoisotopic (exact) mass is 382 g/mol. The number of nitrogens with two attached hydrogens (primary N) is 1. The minimum Gasteiger partial charge on any atom is -0.465 e. The molecule has 0 unspecified atom stereocenters. The first-order valence-corrected chi connectivity index (χ1v) is 8.64. The van der Waals surface area contributed by atoms with Crippen molar-refractivity contribution >= 4 is 34.7 Å². The predicted octanol–water partition coefficient (Wildman–Crippen LogP) is 3.74. The number of methoxy groups -OCH3 is 1. The van der Waals surface area contributed by atoms with E-state index in [0.29, 0.717) is 22.5 Å². The topological polar surface area (TPSA) is 108 Å². The first kappa shape index (κ1) is 19.2. The van der Waals surface area contributed by atoms with Crippen molar-refractivity contribution in [3.63, 3.8) is 0 Å². The molecule has 1 amide bonds. The Morgan fingerprint density at radius 3 is 2.57 bits per heavy atom. The van der Waals surface area contributed by atoms with E-state index in [-0.39, 0.29) is 5.95 Å². The summed E-state index contributed by atoms with van der Waals surface area (Å²) < 4.78 is 11.7. The van der Waals surface area contributed by atoms with E-state index in [1.54, 1.807) is 61.7 Å². The van der Waals surface area contributed by atoms with Gasteiger partial charge >= 0.3 is 12.1 Å². The summed E-state index contributed by atoms with van der Waals surface area (Å²) in [7, 11) is 1.32. The molecule has 0 atom stereocenters. The molecule has 1 aromatic heterocycles. The van der Waals surface area contributed by atoms with E-state index in [1.165, 1.54) is 7.11 Å². The van der Waals surface area contributed by atoms with Crippen LogP contribution in [0.2, 0.25) is 0 Å². The van der Waals surface area contributed by atoms with Gasteiger partial charge in [-0.15, -0.1) is 0 Å². The Bertz CT molecular complexity index is 1050. The fourth-order valence-corrected chi connectivity index (χ4v) is 2.76. The van der Waals surface area contributed by atoms with E-state index in [4.69, 9.17) is 15.2 Å². The van der Waals surface area contributed by atoms with Crippen LogP contribution in [0.3, 0.4) is 0 Å². The highest BCUT2D eigenvalue weighted by atomic mass is 16.6. The molecule has 0 saturated heterocycles. The van der Waals surface area contributed by atoms with Crippen LogP contribution in [0.4, 0.5) is 16.4 Å². The molecular formula is C20H22N4O4. The van der Waals surface area contributed by atoms with E-state index >= 15 is 0 Å². The third-order valence-electron chi connectivity index (χ3n) is 3.85. The zero-order valence-electron chi connectivity index (χ0n) is 16.1. The molecule has 8 nitrogen and oxygen atoms in total. The Labute approximate surface area is 162 Å². The van der Waals surface area contributed by atoms with Gasteiger partial charge in [-0.1, -0.05) is 6.07 Å². The highest BCUT2D eigenvalue weighted by molar-refractivity contribution is 5.94. The quantitative estimate of drug-likeness (QED) is 0.668. The number of benzene rings is 2. The number of hydrogen-bond donors (Lipinski definition) is 2. The van der Waals surface area contributed by atoms with Gasteiger partial charge in [0.25, 0.3) is 0 Å². The molecule has 28 heavy (non-hydrogen) atoms. The lowest BCUT2D eigenvalue weighted by molar-refractivity contribution is 0.0598. The van der Waals surface area contributed by atoms with Gasteiger partial charge in [-0.05, 0) is 57.2 Å². The molecule has 0 radical (unpaired) electrons. The Morgan fingerprint density at radius 1 is 1.14 bits per heavy atom. The van der Waals surface area contributed by atoms with Crippen LogP contribution in [0.1, 0.15) is 31.1 Å². The van der Waals surface area contributed by atoms with Crippen LogP contribution >= 0.6 is 0 Å². The van der Waals surface area contributed by atoms with Crippen LogP contribution in [0.25, 0.3) is 16.7 Å². The molecule has 3 N–H and O–H groups in total. The summed E-state index contributed by atoms with van der Waals surface area (Å²) in [6.45, 7) is 5.39. The van der Waals surface area contributed by atoms with Crippen molar-refractivity contribution in [1.82, 2.24) is 9.55 Å². The minimum absolute atomic E-state index is 0.256. The molecule has 3 aromatic rings. The molecule has 0 spiro atoms. The standard InChI is InChI=1S/C20H22N4O4/c1-20(2,3)28-19(26)22-13-6-5-7-14(11-13)24-16-9-8-12(17(25)27-4)10-15(16)23-18(24)21/h5-11H,1-4H3,(H2,21,23)(H,22,26). The Kier molecular flexibility index (Phi) is 4.96. The second kappa shape index (κ2) is 7.22. The number of esters is 1. The van der Waals surface area contributed by atoms with Crippen LogP contribution in [-0.4, -0.2) is 34.3 Å². The Balaban J connectivity index is 1.95. The second-order valence-electron chi connectivity index (χ2n) is 7.18. The van der Waals surface area contributed by atoms with Crippen molar-refractivity contribution < 1.29 is 19.1 Å². The van der Waals surface area contributed by atoms with E-state index in [9.17, 15) is 9.59 Å². The van der Waals surface area contributed by atoms with Crippen molar-refractivity contribution in [2.24, 2.45) is 0 Å². The largest absolute Gasteiger partial charge is 0.465 e. The SMILES string of the molecule is COC(=O)c1ccc2c(c1)nc(N)n2-c1cccc(NC(=O)OC(C)(C)C)c1. The summed E-state index contributed by atoms with van der Waals surface area (Å²) in [5.41, 5.74) is 8.44. The van der Waals surface area contributed by atoms with Crippen LogP contribution in [0, 0.1) is 0 Å². The molecule has 0 fully saturated rings. The number of imidazole rings is 1. The van der Waals surface area contributed by atoms with Crippen LogP contribution < -0.4 is 11.1 Å². The number of rotatable bonds is 3. The number of hydrogen-bond acceptors (Lipinski definition) is 6. The molecule has 0 bridgehead atoms.